The number of nitro benzene ring substituents is 1. The summed E-state index contributed by atoms with van der Waals surface area (Å²) in [7, 11) is 0. The molecule has 0 aliphatic carbocycles. The largest absolute Gasteiger partial charge is 0.482 e. The molecule has 0 amide bonds. The second kappa shape index (κ2) is 6.05. The van der Waals surface area contributed by atoms with Crippen LogP contribution in [0.4, 0.5) is 5.69 Å². The van der Waals surface area contributed by atoms with E-state index in [4.69, 9.17) is 16.3 Å². The molecule has 5 nitrogen and oxygen atoms in total. The first kappa shape index (κ1) is 14.0. The Bertz CT molecular complexity index is 409. The topological polar surface area (TPSA) is 64.4 Å². The van der Waals surface area contributed by atoms with Crippen molar-refractivity contribution in [1.82, 2.24) is 5.32 Å². The molecular formula is C10H12Cl2N2O3. The molecule has 0 saturated carbocycles. The Morgan fingerprint density at radius 1 is 1.53 bits per heavy atom. The van der Waals surface area contributed by atoms with Gasteiger partial charge in [-0.15, -0.1) is 12.4 Å². The zero-order valence-corrected chi connectivity index (χ0v) is 10.5. The maximum absolute atomic E-state index is 10.8. The minimum Gasteiger partial charge on any atom is -0.482 e. The lowest BCUT2D eigenvalue weighted by molar-refractivity contribution is -0.386. The predicted molar refractivity (Wildman–Crippen MR) is 67.3 cm³/mol. The Hall–Kier alpha value is -1.04. The first-order chi connectivity index (χ1) is 7.66. The molecule has 1 N–H and O–H groups in total. The van der Waals surface area contributed by atoms with Gasteiger partial charge in [-0.2, -0.15) is 0 Å². The van der Waals surface area contributed by atoms with Crippen LogP contribution in [-0.2, 0) is 0 Å². The van der Waals surface area contributed by atoms with E-state index < -0.39 is 4.92 Å². The van der Waals surface area contributed by atoms with Gasteiger partial charge < -0.3 is 10.1 Å². The molecule has 0 spiro atoms. The van der Waals surface area contributed by atoms with Gasteiger partial charge in [0, 0.05) is 17.6 Å². The summed E-state index contributed by atoms with van der Waals surface area (Å²) >= 11 is 5.71. The van der Waals surface area contributed by atoms with Crippen LogP contribution in [0.3, 0.4) is 0 Å². The number of ether oxygens (including phenoxy) is 1. The summed E-state index contributed by atoms with van der Waals surface area (Å²) in [5.41, 5.74) is -0.0839. The smallest absolute Gasteiger partial charge is 0.312 e. The monoisotopic (exact) mass is 278 g/mol. The zero-order valence-electron chi connectivity index (χ0n) is 8.89. The normalized spacial score (nSPS) is 18.5. The Kier molecular flexibility index (Phi) is 4.99. The lowest BCUT2D eigenvalue weighted by Crippen LogP contribution is -2.20. The lowest BCUT2D eigenvalue weighted by atomic mass is 10.2. The van der Waals surface area contributed by atoms with E-state index in [1.165, 1.54) is 6.07 Å². The van der Waals surface area contributed by atoms with Gasteiger partial charge in [0.1, 0.15) is 6.10 Å². The first-order valence-electron chi connectivity index (χ1n) is 4.98. The minimum absolute atomic E-state index is 0. The van der Waals surface area contributed by atoms with Crippen LogP contribution in [0, 0.1) is 10.1 Å². The third kappa shape index (κ3) is 3.46. The fourth-order valence-electron chi connectivity index (χ4n) is 1.64. The summed E-state index contributed by atoms with van der Waals surface area (Å²) in [5, 5.41) is 14.3. The predicted octanol–water partition coefficient (Wildman–Crippen LogP) is 2.41. The highest BCUT2D eigenvalue weighted by Gasteiger charge is 2.21. The van der Waals surface area contributed by atoms with Crippen LogP contribution >= 0.6 is 24.0 Å². The molecule has 1 aromatic carbocycles. The second-order valence-corrected chi connectivity index (χ2v) is 4.04. The molecule has 1 heterocycles. The van der Waals surface area contributed by atoms with Gasteiger partial charge in [0.05, 0.1) is 4.92 Å². The maximum atomic E-state index is 10.8. The van der Waals surface area contributed by atoms with Gasteiger partial charge in [-0.25, -0.2) is 0 Å². The standard InChI is InChI=1S/C10H11ClN2O3.ClH/c11-7-1-2-10(9(5-7)13(14)15)16-8-3-4-12-6-8;/h1-2,5,8,12H,3-4,6H2;1H. The summed E-state index contributed by atoms with van der Waals surface area (Å²) in [5.74, 6) is 0.281. The highest BCUT2D eigenvalue weighted by molar-refractivity contribution is 6.30. The van der Waals surface area contributed by atoms with Crippen molar-refractivity contribution >= 4 is 29.7 Å². The molecule has 7 heteroatoms. The van der Waals surface area contributed by atoms with E-state index in [1.54, 1.807) is 12.1 Å². The third-order valence-electron chi connectivity index (χ3n) is 2.43. The molecule has 17 heavy (non-hydrogen) atoms. The van der Waals surface area contributed by atoms with E-state index in [9.17, 15) is 10.1 Å². The van der Waals surface area contributed by atoms with Gasteiger partial charge in [0.15, 0.2) is 5.75 Å². The summed E-state index contributed by atoms with van der Waals surface area (Å²) < 4.78 is 5.56. The summed E-state index contributed by atoms with van der Waals surface area (Å²) in [6, 6.07) is 4.43. The number of nitro groups is 1. The van der Waals surface area contributed by atoms with Gasteiger partial charge in [-0.3, -0.25) is 10.1 Å². The van der Waals surface area contributed by atoms with Crippen LogP contribution in [0.5, 0.6) is 5.75 Å². The van der Waals surface area contributed by atoms with Crippen LogP contribution in [0.15, 0.2) is 18.2 Å². The Morgan fingerprint density at radius 2 is 2.29 bits per heavy atom. The molecule has 1 aliphatic rings. The lowest BCUT2D eigenvalue weighted by Gasteiger charge is -2.12. The second-order valence-electron chi connectivity index (χ2n) is 3.60. The molecule has 0 radical (unpaired) electrons. The Morgan fingerprint density at radius 3 is 2.88 bits per heavy atom. The first-order valence-corrected chi connectivity index (χ1v) is 5.36. The molecule has 0 bridgehead atoms. The van der Waals surface area contributed by atoms with Crippen LogP contribution in [0.2, 0.25) is 5.02 Å². The van der Waals surface area contributed by atoms with Crippen molar-refractivity contribution in [2.75, 3.05) is 13.1 Å². The van der Waals surface area contributed by atoms with Crippen molar-refractivity contribution in [2.45, 2.75) is 12.5 Å². The number of hydrogen-bond acceptors (Lipinski definition) is 4. The highest BCUT2D eigenvalue weighted by atomic mass is 35.5. The van der Waals surface area contributed by atoms with Crippen molar-refractivity contribution < 1.29 is 9.66 Å². The van der Waals surface area contributed by atoms with Gasteiger partial charge in [0.2, 0.25) is 0 Å². The summed E-state index contributed by atoms with van der Waals surface area (Å²) in [6.07, 6.45) is 0.861. The van der Waals surface area contributed by atoms with Crippen LogP contribution in [0.25, 0.3) is 0 Å². The van der Waals surface area contributed by atoms with E-state index in [0.717, 1.165) is 19.5 Å². The van der Waals surface area contributed by atoms with Gasteiger partial charge >= 0.3 is 5.69 Å². The Balaban J connectivity index is 0.00000144. The average Bonchev–Trinajstić information content (AvgIpc) is 2.73. The van der Waals surface area contributed by atoms with Crippen LogP contribution in [-0.4, -0.2) is 24.1 Å². The highest BCUT2D eigenvalue weighted by Crippen LogP contribution is 2.31. The van der Waals surface area contributed by atoms with E-state index in [1.807, 2.05) is 0 Å². The van der Waals surface area contributed by atoms with E-state index >= 15 is 0 Å². The van der Waals surface area contributed by atoms with Gasteiger partial charge in [-0.1, -0.05) is 11.6 Å². The molecule has 1 unspecified atom stereocenters. The van der Waals surface area contributed by atoms with Crippen molar-refractivity contribution in [3.63, 3.8) is 0 Å². The fourth-order valence-corrected chi connectivity index (χ4v) is 1.81. The van der Waals surface area contributed by atoms with Crippen LogP contribution < -0.4 is 10.1 Å². The SMILES string of the molecule is Cl.O=[N+]([O-])c1cc(Cl)ccc1OC1CCNC1. The van der Waals surface area contributed by atoms with Crippen molar-refractivity contribution in [3.8, 4) is 5.75 Å². The number of halogens is 2. The van der Waals surface area contributed by atoms with Crippen molar-refractivity contribution in [3.05, 3.63) is 33.3 Å². The average molecular weight is 279 g/mol. The van der Waals surface area contributed by atoms with Gasteiger partial charge in [0.25, 0.3) is 0 Å². The van der Waals surface area contributed by atoms with E-state index in [2.05, 4.69) is 5.32 Å². The van der Waals surface area contributed by atoms with Crippen molar-refractivity contribution in [2.24, 2.45) is 0 Å². The van der Waals surface area contributed by atoms with E-state index in [-0.39, 0.29) is 29.9 Å². The third-order valence-corrected chi connectivity index (χ3v) is 2.66. The molecular weight excluding hydrogens is 267 g/mol. The van der Waals surface area contributed by atoms with Gasteiger partial charge in [-0.05, 0) is 25.1 Å². The number of nitrogens with one attached hydrogen (secondary N) is 1. The maximum Gasteiger partial charge on any atom is 0.312 e. The molecule has 2 rings (SSSR count). The molecule has 1 atom stereocenters. The van der Waals surface area contributed by atoms with Crippen molar-refractivity contribution in [1.29, 1.82) is 0 Å². The molecule has 0 aromatic heterocycles. The molecule has 1 aliphatic heterocycles. The van der Waals surface area contributed by atoms with E-state index in [0.29, 0.717) is 5.02 Å². The summed E-state index contributed by atoms with van der Waals surface area (Å²) in [6.45, 7) is 1.60. The quantitative estimate of drug-likeness (QED) is 0.681. The number of rotatable bonds is 3. The molecule has 1 saturated heterocycles. The number of hydrogen-bond donors (Lipinski definition) is 1. The summed E-state index contributed by atoms with van der Waals surface area (Å²) in [4.78, 5) is 10.3. The fraction of sp³-hybridized carbons (Fsp3) is 0.400. The molecule has 1 fully saturated rings. The number of nitrogens with zero attached hydrogens (tertiary/aromatic N) is 1. The Labute approximate surface area is 110 Å². The van der Waals surface area contributed by atoms with Crippen LogP contribution in [0.1, 0.15) is 6.42 Å². The number of benzene rings is 1. The zero-order chi connectivity index (χ0) is 11.5. The molecule has 94 valence electrons. The molecule has 1 aromatic rings. The minimum atomic E-state index is -0.483.